The fraction of sp³-hybridized carbons (Fsp3) is 0.452. The Morgan fingerprint density at radius 3 is 1.25 bits per heavy atom. The summed E-state index contributed by atoms with van der Waals surface area (Å²) in [5.74, 6) is -8.53. The zero-order valence-electron chi connectivity index (χ0n) is 37.2. The summed E-state index contributed by atoms with van der Waals surface area (Å²) in [5, 5.41) is 45.0. The zero-order chi connectivity index (χ0) is 50.1. The van der Waals surface area contributed by atoms with Gasteiger partial charge in [-0.05, 0) is 61.8 Å². The molecule has 67 heavy (non-hydrogen) atoms. The van der Waals surface area contributed by atoms with Gasteiger partial charge in [-0.25, -0.2) is 0 Å². The van der Waals surface area contributed by atoms with E-state index in [1.807, 2.05) is 0 Å². The summed E-state index contributed by atoms with van der Waals surface area (Å²) in [7, 11) is 0. The third-order valence-electron chi connectivity index (χ3n) is 9.87. The van der Waals surface area contributed by atoms with Gasteiger partial charge in [-0.15, -0.1) is 0 Å². The number of hydrogen-bond donors (Lipinski definition) is 16. The van der Waals surface area contributed by atoms with Crippen LogP contribution in [0.15, 0.2) is 54.6 Å². The number of amides is 9. The zero-order valence-corrected chi connectivity index (χ0v) is 37.2. The molecule has 25 heteroatoms. The molecule has 0 spiro atoms. The lowest BCUT2D eigenvalue weighted by Gasteiger charge is -2.27. The normalized spacial score (nSPS) is 13.3. The Bertz CT molecular complexity index is 2060. The van der Waals surface area contributed by atoms with Crippen molar-refractivity contribution in [2.75, 3.05) is 13.1 Å². The standard InChI is InChI=1S/C42H63N15O10/c1-23(58)52-27(9-5-19-50-41(46)47)36(63)54-29(15-17-33(43)60)38(65)55-30(16-18-34(44)61)39(66)57-32(22-25-11-13-26(59)14-12-25)40(67)53-28(10-6-20-51-42(48)49)37(64)56-31(35(45)62)21-24-7-3-2-4-8-24/h2-4,7-8,11-14,27-32,59H,5-6,9-10,15-22H2,1H3,(H2,43,60)(H2,44,61)(H2,45,62)(H,52,58)(H,53,67)(H,54,63)(H,55,65)(H,56,64)(H,57,66)(H4,46,47,50)(H4,48,49,51)/t27-,28-,29-,30-,31-,32-/m0/s1. The summed E-state index contributed by atoms with van der Waals surface area (Å²) in [6.45, 7) is 1.45. The van der Waals surface area contributed by atoms with Gasteiger partial charge in [0, 0.05) is 45.7 Å². The van der Waals surface area contributed by atoms with E-state index in [2.05, 4.69) is 42.5 Å². The highest BCUT2D eigenvalue weighted by Gasteiger charge is 2.34. The Morgan fingerprint density at radius 1 is 0.493 bits per heavy atom. The number of primary amides is 3. The number of phenols is 1. The molecule has 6 atom stereocenters. The summed E-state index contributed by atoms with van der Waals surface area (Å²) < 4.78 is 0. The molecule has 0 bridgehead atoms. The molecule has 2 rings (SSSR count). The molecule has 2 aromatic rings. The van der Waals surface area contributed by atoms with Gasteiger partial charge in [0.15, 0.2) is 11.9 Å². The van der Waals surface area contributed by atoms with Crippen LogP contribution in [0.3, 0.4) is 0 Å². The molecule has 0 unspecified atom stereocenters. The first-order valence-electron chi connectivity index (χ1n) is 21.3. The van der Waals surface area contributed by atoms with E-state index in [9.17, 15) is 48.3 Å². The highest BCUT2D eigenvalue weighted by molar-refractivity contribution is 5.97. The first-order chi connectivity index (χ1) is 31.6. The van der Waals surface area contributed by atoms with Crippen LogP contribution in [0.2, 0.25) is 0 Å². The average Bonchev–Trinajstić information content (AvgIpc) is 3.25. The van der Waals surface area contributed by atoms with Gasteiger partial charge in [0.05, 0.1) is 0 Å². The Balaban J connectivity index is 2.48. The van der Waals surface area contributed by atoms with E-state index in [0.717, 1.165) is 6.92 Å². The van der Waals surface area contributed by atoms with E-state index in [-0.39, 0.29) is 75.7 Å². The van der Waals surface area contributed by atoms with Crippen molar-refractivity contribution in [3.63, 3.8) is 0 Å². The molecule has 2 aromatic carbocycles. The van der Waals surface area contributed by atoms with Gasteiger partial charge in [0.2, 0.25) is 53.2 Å². The molecule has 366 valence electrons. The van der Waals surface area contributed by atoms with Crippen LogP contribution in [0.4, 0.5) is 0 Å². The van der Waals surface area contributed by atoms with Crippen molar-refractivity contribution in [2.24, 2.45) is 28.7 Å². The highest BCUT2D eigenvalue weighted by Crippen LogP contribution is 2.13. The second kappa shape index (κ2) is 28.7. The van der Waals surface area contributed by atoms with Crippen LogP contribution in [0.5, 0.6) is 5.75 Å². The van der Waals surface area contributed by atoms with E-state index >= 15 is 0 Å². The number of phenolic OH excluding ortho intramolecular Hbond substituents is 1. The predicted octanol–water partition coefficient (Wildman–Crippen LogP) is -4.35. The third kappa shape index (κ3) is 22.5. The average molecular weight is 938 g/mol. The van der Waals surface area contributed by atoms with Gasteiger partial charge in [-0.1, -0.05) is 42.5 Å². The summed E-state index contributed by atoms with van der Waals surface area (Å²) >= 11 is 0. The van der Waals surface area contributed by atoms with Crippen molar-refractivity contribution >= 4 is 65.1 Å². The van der Waals surface area contributed by atoms with Crippen molar-refractivity contribution in [3.8, 4) is 5.75 Å². The van der Waals surface area contributed by atoms with E-state index in [1.54, 1.807) is 30.3 Å². The van der Waals surface area contributed by atoms with Gasteiger partial charge >= 0.3 is 0 Å². The van der Waals surface area contributed by atoms with Crippen LogP contribution in [0.25, 0.3) is 0 Å². The van der Waals surface area contributed by atoms with Gasteiger partial charge in [-0.3, -0.25) is 54.0 Å². The number of rotatable bonds is 30. The van der Waals surface area contributed by atoms with Crippen LogP contribution in [-0.2, 0) is 56.0 Å². The SMILES string of the molecule is CC(=O)N[C@@H](CCCNC(=N)N)C(=O)N[C@@H](CCC(N)=O)C(=O)N[C@@H](CCC(N)=O)C(=O)N[C@@H](Cc1ccc(O)cc1)C(=O)N[C@@H](CCCNC(=N)N)C(=O)N[C@@H](Cc1ccccc1)C(N)=O. The molecule has 0 fully saturated rings. The molecule has 21 N–H and O–H groups in total. The predicted molar refractivity (Wildman–Crippen MR) is 244 cm³/mol. The number of carbonyl (C=O) groups excluding carboxylic acids is 9. The maximum Gasteiger partial charge on any atom is 0.243 e. The van der Waals surface area contributed by atoms with Crippen LogP contribution in [-0.4, -0.2) is 120 Å². The Hall–Kier alpha value is -7.99. The Kier molecular flexibility index (Phi) is 23.6. The van der Waals surface area contributed by atoms with E-state index < -0.39 is 109 Å². The molecular formula is C42H63N15O10. The minimum absolute atomic E-state index is 0.0231. The fourth-order valence-corrected chi connectivity index (χ4v) is 6.46. The number of benzene rings is 2. The Labute approximate surface area is 386 Å². The van der Waals surface area contributed by atoms with Gasteiger partial charge in [0.25, 0.3) is 0 Å². The second-order valence-electron chi connectivity index (χ2n) is 15.5. The number of aromatic hydroxyl groups is 1. The number of hydrogen-bond acceptors (Lipinski definition) is 12. The minimum atomic E-state index is -1.61. The van der Waals surface area contributed by atoms with E-state index in [4.69, 9.17) is 39.5 Å². The lowest BCUT2D eigenvalue weighted by atomic mass is 10.0. The number of guanidine groups is 2. The molecule has 0 aromatic heterocycles. The quantitative estimate of drug-likeness (QED) is 0.0200. The summed E-state index contributed by atoms with van der Waals surface area (Å²) in [6, 6.07) is 5.87. The lowest BCUT2D eigenvalue weighted by Crippen LogP contribution is -2.60. The molecule has 9 amide bonds. The highest BCUT2D eigenvalue weighted by atomic mass is 16.3. The van der Waals surface area contributed by atoms with Crippen molar-refractivity contribution in [2.45, 2.75) is 107 Å². The van der Waals surface area contributed by atoms with Crippen LogP contribution in [0.1, 0.15) is 69.4 Å². The number of carbonyl (C=O) groups is 9. The first kappa shape index (κ1) is 55.1. The molecule has 0 aliphatic rings. The monoisotopic (exact) mass is 937 g/mol. The van der Waals surface area contributed by atoms with Crippen molar-refractivity contribution in [1.29, 1.82) is 10.8 Å². The third-order valence-corrected chi connectivity index (χ3v) is 9.87. The maximum atomic E-state index is 14.3. The minimum Gasteiger partial charge on any atom is -0.508 e. The van der Waals surface area contributed by atoms with Crippen molar-refractivity contribution in [3.05, 3.63) is 65.7 Å². The molecule has 0 heterocycles. The molecule has 25 nitrogen and oxygen atoms in total. The smallest absolute Gasteiger partial charge is 0.243 e. The van der Waals surface area contributed by atoms with Crippen LogP contribution >= 0.6 is 0 Å². The topological polar surface area (TPSA) is 448 Å². The van der Waals surface area contributed by atoms with Crippen molar-refractivity contribution < 1.29 is 48.3 Å². The van der Waals surface area contributed by atoms with Gasteiger partial charge < -0.3 is 76.3 Å². The van der Waals surface area contributed by atoms with E-state index in [0.29, 0.717) is 11.1 Å². The molecular weight excluding hydrogens is 875 g/mol. The molecule has 0 saturated heterocycles. The fourth-order valence-electron chi connectivity index (χ4n) is 6.46. The Morgan fingerprint density at radius 2 is 0.851 bits per heavy atom. The largest absolute Gasteiger partial charge is 0.508 e. The maximum absolute atomic E-state index is 14.3. The van der Waals surface area contributed by atoms with E-state index in [1.165, 1.54) is 24.3 Å². The van der Waals surface area contributed by atoms with Crippen LogP contribution < -0.4 is 71.2 Å². The second-order valence-corrected chi connectivity index (χ2v) is 15.5. The first-order valence-corrected chi connectivity index (χ1v) is 21.3. The summed E-state index contributed by atoms with van der Waals surface area (Å²) in [5.41, 5.74) is 28.2. The number of nitrogens with one attached hydrogen (secondary N) is 10. The number of nitrogens with two attached hydrogens (primary N) is 5. The molecule has 0 aliphatic carbocycles. The lowest BCUT2D eigenvalue weighted by molar-refractivity contribution is -0.135. The summed E-state index contributed by atoms with van der Waals surface area (Å²) in [4.78, 5) is 118. The summed E-state index contributed by atoms with van der Waals surface area (Å²) in [6.07, 6.45) is -1.50. The molecule has 0 saturated carbocycles. The van der Waals surface area contributed by atoms with Gasteiger partial charge in [-0.2, -0.15) is 0 Å². The van der Waals surface area contributed by atoms with Gasteiger partial charge in [0.1, 0.15) is 42.0 Å². The van der Waals surface area contributed by atoms with Crippen LogP contribution in [0, 0.1) is 10.8 Å². The van der Waals surface area contributed by atoms with Crippen molar-refractivity contribution in [1.82, 2.24) is 42.5 Å². The molecule has 0 radical (unpaired) electrons. The molecule has 0 aliphatic heterocycles.